The summed E-state index contributed by atoms with van der Waals surface area (Å²) in [6.07, 6.45) is -0.835. The predicted molar refractivity (Wildman–Crippen MR) is 79.3 cm³/mol. The molecule has 2 aliphatic heterocycles. The van der Waals surface area contributed by atoms with Gasteiger partial charge < -0.3 is 15.9 Å². The Morgan fingerprint density at radius 3 is 2.50 bits per heavy atom. The van der Waals surface area contributed by atoms with Crippen LogP contribution in [0.25, 0.3) is 0 Å². The Balaban J connectivity index is 2.22. The number of aliphatic hydroxyl groups excluding tert-OH is 1. The van der Waals surface area contributed by atoms with Crippen molar-refractivity contribution < 1.29 is 24.6 Å². The molecule has 2 aliphatic rings. The fraction of sp³-hybridized carbons (Fsp3) is 0.615. The van der Waals surface area contributed by atoms with E-state index >= 15 is 0 Å². The lowest BCUT2D eigenvalue weighted by molar-refractivity contribution is -0.156. The lowest BCUT2D eigenvalue weighted by Gasteiger charge is -2.43. The molecule has 8 nitrogen and oxygen atoms in total. The normalized spacial score (nSPS) is 26.8. The molecule has 0 spiro atoms. The molecule has 0 bridgehead atoms. The molecule has 22 heavy (non-hydrogen) atoms. The Kier molecular flexibility index (Phi) is 4.50. The number of nitrogens with two attached hydrogens (primary N) is 1. The Labute approximate surface area is 131 Å². The number of nitrogens with zero attached hydrogens (tertiary/aromatic N) is 2. The number of aliphatic hydroxyl groups is 1. The maximum Gasteiger partial charge on any atom is 0.353 e. The molecule has 0 aromatic rings. The molecule has 2 heterocycles. The third-order valence-electron chi connectivity index (χ3n) is 4.04. The molecule has 0 radical (unpaired) electrons. The number of thioether (sulfide) groups is 1. The first-order chi connectivity index (χ1) is 10.2. The molecule has 2 rings (SSSR count). The number of likely N-dealkylation sites (N-methyl/N-ethyl adjacent to an activating group) is 1. The van der Waals surface area contributed by atoms with Crippen LogP contribution in [-0.4, -0.2) is 68.9 Å². The Bertz CT molecular complexity index is 562. The van der Waals surface area contributed by atoms with Crippen molar-refractivity contribution in [1.29, 1.82) is 0 Å². The molecule has 0 saturated carbocycles. The van der Waals surface area contributed by atoms with Crippen molar-refractivity contribution in [3.8, 4) is 0 Å². The van der Waals surface area contributed by atoms with Crippen LogP contribution in [0.4, 0.5) is 0 Å². The zero-order chi connectivity index (χ0) is 16.8. The predicted octanol–water partition coefficient (Wildman–Crippen LogP) is -1.000. The van der Waals surface area contributed by atoms with Gasteiger partial charge in [0.1, 0.15) is 11.1 Å². The average Bonchev–Trinajstić information content (AvgIpc) is 2.71. The number of carboxylic acids is 1. The number of aliphatic carboxylic acids is 1. The zero-order valence-corrected chi connectivity index (χ0v) is 13.3. The number of fused-ring (bicyclic) bond motifs is 1. The number of primary amides is 1. The lowest BCUT2D eigenvalue weighted by Crippen LogP contribution is -2.60. The molecule has 4 N–H and O–H groups in total. The highest BCUT2D eigenvalue weighted by Crippen LogP contribution is 2.50. The average molecular weight is 329 g/mol. The standard InChI is InChI=1S/C13H19N3O5S/c1-5(10(14)18)15(3)4-7-9(13(20)21)16-11(19)8(6(2)17)12(16)22-7/h5-6,8,12,17H,4H2,1-3H3,(H2,14,18)(H,20,21)/t5-,6-,8+,12-/m1/s1. The maximum atomic E-state index is 12.0. The summed E-state index contributed by atoms with van der Waals surface area (Å²) < 4.78 is 0. The summed E-state index contributed by atoms with van der Waals surface area (Å²) in [7, 11) is 1.66. The molecule has 0 unspecified atom stereocenters. The second kappa shape index (κ2) is 5.90. The van der Waals surface area contributed by atoms with Crippen LogP contribution in [0, 0.1) is 5.92 Å². The van der Waals surface area contributed by atoms with E-state index in [4.69, 9.17) is 5.73 Å². The molecule has 2 amide bonds. The first-order valence-corrected chi connectivity index (χ1v) is 7.68. The monoisotopic (exact) mass is 329 g/mol. The number of carboxylic acid groups (broad SMARTS) is 1. The van der Waals surface area contributed by atoms with Crippen LogP contribution >= 0.6 is 11.8 Å². The van der Waals surface area contributed by atoms with Crippen LogP contribution in [0.2, 0.25) is 0 Å². The number of hydrogen-bond donors (Lipinski definition) is 3. The minimum Gasteiger partial charge on any atom is -0.477 e. The molecule has 0 aromatic carbocycles. The zero-order valence-electron chi connectivity index (χ0n) is 12.5. The van der Waals surface area contributed by atoms with Gasteiger partial charge in [0.05, 0.1) is 18.1 Å². The quantitative estimate of drug-likeness (QED) is 0.534. The maximum absolute atomic E-state index is 12.0. The van der Waals surface area contributed by atoms with Gasteiger partial charge in [-0.2, -0.15) is 0 Å². The third kappa shape index (κ3) is 2.59. The summed E-state index contributed by atoms with van der Waals surface area (Å²) in [5, 5.41) is 18.6. The van der Waals surface area contributed by atoms with E-state index in [0.717, 1.165) is 0 Å². The summed E-state index contributed by atoms with van der Waals surface area (Å²) >= 11 is 1.24. The van der Waals surface area contributed by atoms with Gasteiger partial charge in [0.25, 0.3) is 0 Å². The Hall–Kier alpha value is -1.58. The van der Waals surface area contributed by atoms with Crippen molar-refractivity contribution in [2.75, 3.05) is 13.6 Å². The van der Waals surface area contributed by atoms with Crippen LogP contribution < -0.4 is 5.73 Å². The van der Waals surface area contributed by atoms with Gasteiger partial charge in [-0.15, -0.1) is 11.8 Å². The van der Waals surface area contributed by atoms with Gasteiger partial charge in [0, 0.05) is 11.4 Å². The molecule has 4 atom stereocenters. The number of hydrogen-bond acceptors (Lipinski definition) is 6. The van der Waals surface area contributed by atoms with E-state index in [0.29, 0.717) is 4.91 Å². The van der Waals surface area contributed by atoms with Crippen LogP contribution in [-0.2, 0) is 14.4 Å². The van der Waals surface area contributed by atoms with E-state index in [1.807, 2.05) is 0 Å². The molecule has 0 aliphatic carbocycles. The summed E-state index contributed by atoms with van der Waals surface area (Å²) in [6, 6.07) is -0.556. The first-order valence-electron chi connectivity index (χ1n) is 6.80. The summed E-state index contributed by atoms with van der Waals surface area (Å²) in [6.45, 7) is 3.34. The second-order valence-electron chi connectivity index (χ2n) is 5.55. The molecule has 9 heteroatoms. The van der Waals surface area contributed by atoms with Gasteiger partial charge >= 0.3 is 5.97 Å². The summed E-state index contributed by atoms with van der Waals surface area (Å²) in [5.74, 6) is -2.69. The van der Waals surface area contributed by atoms with Gasteiger partial charge in [-0.3, -0.25) is 19.4 Å². The van der Waals surface area contributed by atoms with Gasteiger partial charge in [-0.25, -0.2) is 4.79 Å². The van der Waals surface area contributed by atoms with Crippen LogP contribution in [0.3, 0.4) is 0 Å². The molecule has 122 valence electrons. The summed E-state index contributed by atoms with van der Waals surface area (Å²) in [5.41, 5.74) is 5.17. The van der Waals surface area contributed by atoms with Crippen molar-refractivity contribution in [1.82, 2.24) is 9.80 Å². The van der Waals surface area contributed by atoms with Crippen molar-refractivity contribution in [3.63, 3.8) is 0 Å². The largest absolute Gasteiger partial charge is 0.477 e. The Morgan fingerprint density at radius 2 is 2.05 bits per heavy atom. The lowest BCUT2D eigenvalue weighted by atomic mass is 9.92. The number of carbonyl (C=O) groups is 3. The summed E-state index contributed by atoms with van der Waals surface area (Å²) in [4.78, 5) is 38.0. The van der Waals surface area contributed by atoms with E-state index in [9.17, 15) is 24.6 Å². The number of carbonyl (C=O) groups excluding carboxylic acids is 2. The van der Waals surface area contributed by atoms with Gasteiger partial charge in [-0.05, 0) is 20.9 Å². The van der Waals surface area contributed by atoms with E-state index in [2.05, 4.69) is 0 Å². The van der Waals surface area contributed by atoms with Crippen molar-refractivity contribution in [2.45, 2.75) is 31.4 Å². The highest BCUT2D eigenvalue weighted by molar-refractivity contribution is 8.04. The fourth-order valence-electron chi connectivity index (χ4n) is 2.55. The third-order valence-corrected chi connectivity index (χ3v) is 5.39. The molecular formula is C13H19N3O5S. The number of rotatable bonds is 6. The van der Waals surface area contributed by atoms with E-state index < -0.39 is 35.3 Å². The number of β-lactam (4-membered cyclic amide) rings is 1. The minimum atomic E-state index is -1.19. The molecule has 1 saturated heterocycles. The highest BCUT2D eigenvalue weighted by atomic mass is 32.2. The van der Waals surface area contributed by atoms with E-state index in [1.54, 1.807) is 18.9 Å². The van der Waals surface area contributed by atoms with Crippen molar-refractivity contribution >= 4 is 29.5 Å². The topological polar surface area (TPSA) is 124 Å². The van der Waals surface area contributed by atoms with Gasteiger partial charge in [0.15, 0.2) is 0 Å². The van der Waals surface area contributed by atoms with Crippen LogP contribution in [0.5, 0.6) is 0 Å². The van der Waals surface area contributed by atoms with Crippen LogP contribution in [0.15, 0.2) is 10.6 Å². The van der Waals surface area contributed by atoms with Gasteiger partial charge in [-0.1, -0.05) is 0 Å². The number of amides is 2. The Morgan fingerprint density at radius 1 is 1.45 bits per heavy atom. The van der Waals surface area contributed by atoms with Crippen LogP contribution in [0.1, 0.15) is 13.8 Å². The first kappa shape index (κ1) is 16.8. The van der Waals surface area contributed by atoms with Crippen molar-refractivity contribution in [2.24, 2.45) is 11.7 Å². The molecular weight excluding hydrogens is 310 g/mol. The van der Waals surface area contributed by atoms with Crippen molar-refractivity contribution in [3.05, 3.63) is 10.6 Å². The molecule has 0 aromatic heterocycles. The minimum absolute atomic E-state index is 0.0691. The van der Waals surface area contributed by atoms with E-state index in [-0.39, 0.29) is 18.1 Å². The SMILES string of the molecule is C[C@H](C(N)=O)N(C)CC1=C(C(=O)O)N2C(=O)[C@H]([C@@H](C)O)[C@H]2S1. The van der Waals surface area contributed by atoms with Gasteiger partial charge in [0.2, 0.25) is 11.8 Å². The van der Waals surface area contributed by atoms with E-state index in [1.165, 1.54) is 23.6 Å². The molecule has 1 fully saturated rings. The highest BCUT2D eigenvalue weighted by Gasteiger charge is 2.57. The fourth-order valence-corrected chi connectivity index (χ4v) is 4.22. The second-order valence-corrected chi connectivity index (χ2v) is 6.76. The smallest absolute Gasteiger partial charge is 0.353 e.